The third kappa shape index (κ3) is 2.92. The minimum atomic E-state index is -0.440. The van der Waals surface area contributed by atoms with E-state index in [0.717, 1.165) is 31.9 Å². The smallest absolute Gasteiger partial charge is 0.248 e. The molecule has 0 bridgehead atoms. The Balaban J connectivity index is 2.08. The van der Waals surface area contributed by atoms with E-state index in [1.54, 1.807) is 25.3 Å². The number of carbonyl (C=O) groups is 1. The summed E-state index contributed by atoms with van der Waals surface area (Å²) in [6, 6.07) is 5.12. The number of benzene rings is 1. The van der Waals surface area contributed by atoms with Crippen molar-refractivity contribution in [2.75, 3.05) is 32.2 Å². The highest BCUT2D eigenvalue weighted by Gasteiger charge is 2.16. The molecule has 1 unspecified atom stereocenters. The molecular formula is C13H18N2O3. The molecule has 0 aliphatic carbocycles. The number of ether oxygens (including phenoxy) is 2. The second-order valence-electron chi connectivity index (χ2n) is 4.39. The number of amides is 1. The molecule has 3 N–H and O–H groups in total. The molecule has 5 heteroatoms. The van der Waals surface area contributed by atoms with Crippen LogP contribution in [0.1, 0.15) is 16.8 Å². The summed E-state index contributed by atoms with van der Waals surface area (Å²) >= 11 is 0. The Hall–Kier alpha value is -1.75. The van der Waals surface area contributed by atoms with Gasteiger partial charge in [0.1, 0.15) is 5.75 Å². The van der Waals surface area contributed by atoms with E-state index in [2.05, 4.69) is 5.32 Å². The molecule has 1 atom stereocenters. The second-order valence-corrected chi connectivity index (χ2v) is 4.39. The summed E-state index contributed by atoms with van der Waals surface area (Å²) < 4.78 is 10.6. The number of primary amides is 1. The lowest BCUT2D eigenvalue weighted by Gasteiger charge is -2.14. The van der Waals surface area contributed by atoms with Crippen LogP contribution in [0.25, 0.3) is 0 Å². The van der Waals surface area contributed by atoms with Crippen LogP contribution in [0, 0.1) is 5.92 Å². The average Bonchev–Trinajstić information content (AvgIpc) is 2.89. The van der Waals surface area contributed by atoms with Crippen LogP contribution in [0.15, 0.2) is 18.2 Å². The standard InChI is InChI=1S/C13H18N2O3/c1-17-12-3-2-10(13(14)16)6-11(12)15-7-9-4-5-18-8-9/h2-3,6,9,15H,4-5,7-8H2,1H3,(H2,14,16). The Morgan fingerprint density at radius 3 is 3.06 bits per heavy atom. The summed E-state index contributed by atoms with van der Waals surface area (Å²) in [5, 5.41) is 3.29. The monoisotopic (exact) mass is 250 g/mol. The lowest BCUT2D eigenvalue weighted by Crippen LogP contribution is -2.16. The maximum Gasteiger partial charge on any atom is 0.248 e. The van der Waals surface area contributed by atoms with E-state index in [1.165, 1.54) is 0 Å². The van der Waals surface area contributed by atoms with Crippen LogP contribution >= 0.6 is 0 Å². The number of anilines is 1. The van der Waals surface area contributed by atoms with Crippen molar-refractivity contribution in [1.82, 2.24) is 0 Å². The fraction of sp³-hybridized carbons (Fsp3) is 0.462. The first-order valence-electron chi connectivity index (χ1n) is 6.00. The van der Waals surface area contributed by atoms with Gasteiger partial charge in [-0.1, -0.05) is 0 Å². The third-order valence-electron chi connectivity index (χ3n) is 3.09. The summed E-state index contributed by atoms with van der Waals surface area (Å²) in [7, 11) is 1.60. The Morgan fingerprint density at radius 2 is 2.44 bits per heavy atom. The fourth-order valence-electron chi connectivity index (χ4n) is 2.00. The fourth-order valence-corrected chi connectivity index (χ4v) is 2.00. The van der Waals surface area contributed by atoms with Crippen LogP contribution in [-0.4, -0.2) is 32.8 Å². The third-order valence-corrected chi connectivity index (χ3v) is 3.09. The SMILES string of the molecule is COc1ccc(C(N)=O)cc1NCC1CCOC1. The van der Waals surface area contributed by atoms with Crippen molar-refractivity contribution in [1.29, 1.82) is 0 Å². The zero-order chi connectivity index (χ0) is 13.0. The normalized spacial score (nSPS) is 18.6. The van der Waals surface area contributed by atoms with E-state index >= 15 is 0 Å². The molecule has 0 saturated carbocycles. The molecule has 1 heterocycles. The van der Waals surface area contributed by atoms with Gasteiger partial charge in [-0.3, -0.25) is 4.79 Å². The molecule has 18 heavy (non-hydrogen) atoms. The summed E-state index contributed by atoms with van der Waals surface area (Å²) in [5.74, 6) is 0.774. The number of methoxy groups -OCH3 is 1. The van der Waals surface area contributed by atoms with Gasteiger partial charge in [0, 0.05) is 24.6 Å². The van der Waals surface area contributed by atoms with Crippen molar-refractivity contribution in [3.63, 3.8) is 0 Å². The summed E-state index contributed by atoms with van der Waals surface area (Å²) in [6.07, 6.45) is 1.06. The highest BCUT2D eigenvalue weighted by atomic mass is 16.5. The van der Waals surface area contributed by atoms with Gasteiger partial charge < -0.3 is 20.5 Å². The quantitative estimate of drug-likeness (QED) is 0.824. The summed E-state index contributed by atoms with van der Waals surface area (Å²) in [6.45, 7) is 2.41. The van der Waals surface area contributed by atoms with E-state index in [-0.39, 0.29) is 0 Å². The maximum atomic E-state index is 11.1. The lowest BCUT2D eigenvalue weighted by atomic mass is 10.1. The van der Waals surface area contributed by atoms with Gasteiger partial charge >= 0.3 is 0 Å². The van der Waals surface area contributed by atoms with Crippen LogP contribution in [0.3, 0.4) is 0 Å². The molecule has 0 radical (unpaired) electrons. The highest BCUT2D eigenvalue weighted by molar-refractivity contribution is 5.94. The van der Waals surface area contributed by atoms with Gasteiger partial charge in [0.25, 0.3) is 0 Å². The van der Waals surface area contributed by atoms with Crippen LogP contribution in [0.2, 0.25) is 0 Å². The summed E-state index contributed by atoms with van der Waals surface area (Å²) in [5.41, 5.74) is 6.53. The molecule has 1 fully saturated rings. The highest BCUT2D eigenvalue weighted by Crippen LogP contribution is 2.26. The van der Waals surface area contributed by atoms with Crippen molar-refractivity contribution in [3.05, 3.63) is 23.8 Å². The number of carbonyl (C=O) groups excluding carboxylic acids is 1. The molecule has 1 aliphatic rings. The Labute approximate surface area is 106 Å². The molecule has 1 aliphatic heterocycles. The largest absolute Gasteiger partial charge is 0.495 e. The minimum Gasteiger partial charge on any atom is -0.495 e. The van der Waals surface area contributed by atoms with Crippen LogP contribution < -0.4 is 15.8 Å². The molecule has 1 saturated heterocycles. The van der Waals surface area contributed by atoms with Crippen LogP contribution in [0.5, 0.6) is 5.75 Å². The number of nitrogens with one attached hydrogen (secondary N) is 1. The van der Waals surface area contributed by atoms with Gasteiger partial charge in [0.15, 0.2) is 0 Å². The van der Waals surface area contributed by atoms with Crippen LogP contribution in [-0.2, 0) is 4.74 Å². The molecule has 2 rings (SSSR count). The zero-order valence-corrected chi connectivity index (χ0v) is 10.4. The molecule has 0 spiro atoms. The van der Waals surface area contributed by atoms with Gasteiger partial charge in [0.05, 0.1) is 19.4 Å². The Bertz CT molecular complexity index is 428. The number of hydrogen-bond donors (Lipinski definition) is 2. The second kappa shape index (κ2) is 5.73. The van der Waals surface area contributed by atoms with Crippen molar-refractivity contribution in [3.8, 4) is 5.75 Å². The molecule has 1 aromatic rings. The van der Waals surface area contributed by atoms with Gasteiger partial charge in [0.2, 0.25) is 5.91 Å². The lowest BCUT2D eigenvalue weighted by molar-refractivity contribution is 0.100. The minimum absolute atomic E-state index is 0.440. The molecule has 0 aromatic heterocycles. The topological polar surface area (TPSA) is 73.6 Å². The van der Waals surface area contributed by atoms with Crippen LogP contribution in [0.4, 0.5) is 5.69 Å². The predicted molar refractivity (Wildman–Crippen MR) is 68.9 cm³/mol. The van der Waals surface area contributed by atoms with Crippen molar-refractivity contribution < 1.29 is 14.3 Å². The number of nitrogens with two attached hydrogens (primary N) is 1. The van der Waals surface area contributed by atoms with Crippen molar-refractivity contribution in [2.45, 2.75) is 6.42 Å². The number of hydrogen-bond acceptors (Lipinski definition) is 4. The first-order valence-corrected chi connectivity index (χ1v) is 6.00. The molecular weight excluding hydrogens is 232 g/mol. The van der Waals surface area contributed by atoms with Gasteiger partial charge in [-0.05, 0) is 24.6 Å². The maximum absolute atomic E-state index is 11.1. The van der Waals surface area contributed by atoms with Crippen molar-refractivity contribution in [2.24, 2.45) is 11.7 Å². The predicted octanol–water partition coefficient (Wildman–Crippen LogP) is 1.24. The van der Waals surface area contributed by atoms with E-state index < -0.39 is 5.91 Å². The average molecular weight is 250 g/mol. The zero-order valence-electron chi connectivity index (χ0n) is 10.4. The molecule has 98 valence electrons. The molecule has 1 aromatic carbocycles. The molecule has 1 amide bonds. The van der Waals surface area contributed by atoms with E-state index in [4.69, 9.17) is 15.2 Å². The van der Waals surface area contributed by atoms with E-state index in [1.807, 2.05) is 0 Å². The Morgan fingerprint density at radius 1 is 1.61 bits per heavy atom. The first kappa shape index (κ1) is 12.7. The van der Waals surface area contributed by atoms with E-state index in [9.17, 15) is 4.79 Å². The Kier molecular flexibility index (Phi) is 4.04. The van der Waals surface area contributed by atoms with Gasteiger partial charge in [-0.2, -0.15) is 0 Å². The van der Waals surface area contributed by atoms with Gasteiger partial charge in [-0.25, -0.2) is 0 Å². The first-order chi connectivity index (χ1) is 8.70. The van der Waals surface area contributed by atoms with Crippen molar-refractivity contribution >= 4 is 11.6 Å². The summed E-state index contributed by atoms with van der Waals surface area (Å²) in [4.78, 5) is 11.1. The van der Waals surface area contributed by atoms with Gasteiger partial charge in [-0.15, -0.1) is 0 Å². The van der Waals surface area contributed by atoms with E-state index in [0.29, 0.717) is 17.2 Å². The number of rotatable bonds is 5. The molecule has 5 nitrogen and oxygen atoms in total.